The largest absolute Gasteiger partial charge is 0.309 e. The maximum Gasteiger partial charge on any atom is 0.227 e. The molecule has 0 fully saturated rings. The highest BCUT2D eigenvalue weighted by molar-refractivity contribution is 9.09. The molecule has 0 aliphatic carbocycles. The van der Waals surface area contributed by atoms with Gasteiger partial charge in [0.05, 0.1) is 0 Å². The standard InChI is InChI=1S/C20H30BrNO/c1-5-6-7-20(23)22-15(4)11-17-12-16(8-9-19(17)22)13-18(21)10-14(2)3/h8-9,12,14-15,18H,5-7,10-11,13H2,1-4H3. The number of halogens is 1. The van der Waals surface area contributed by atoms with Crippen LogP contribution >= 0.6 is 15.9 Å². The third-order valence-corrected chi connectivity index (χ3v) is 5.25. The third kappa shape index (κ3) is 4.82. The summed E-state index contributed by atoms with van der Waals surface area (Å²) in [7, 11) is 0. The van der Waals surface area contributed by atoms with Crippen molar-refractivity contribution in [2.24, 2.45) is 5.92 Å². The van der Waals surface area contributed by atoms with E-state index >= 15 is 0 Å². The van der Waals surface area contributed by atoms with E-state index in [1.54, 1.807) is 0 Å². The Labute approximate surface area is 149 Å². The fraction of sp³-hybridized carbons (Fsp3) is 0.650. The Hall–Kier alpha value is -0.830. The predicted molar refractivity (Wildman–Crippen MR) is 102 cm³/mol. The van der Waals surface area contributed by atoms with E-state index in [9.17, 15) is 4.79 Å². The first-order valence-electron chi connectivity index (χ1n) is 9.00. The summed E-state index contributed by atoms with van der Waals surface area (Å²) in [6.45, 7) is 8.82. The maximum atomic E-state index is 12.5. The third-order valence-electron chi connectivity index (χ3n) is 4.56. The van der Waals surface area contributed by atoms with Crippen LogP contribution in [-0.4, -0.2) is 16.8 Å². The molecular weight excluding hydrogens is 350 g/mol. The van der Waals surface area contributed by atoms with E-state index in [0.717, 1.165) is 31.4 Å². The molecule has 1 aromatic carbocycles. The molecule has 0 N–H and O–H groups in total. The van der Waals surface area contributed by atoms with Gasteiger partial charge in [-0.25, -0.2) is 0 Å². The van der Waals surface area contributed by atoms with Crippen molar-refractivity contribution in [3.63, 3.8) is 0 Å². The Morgan fingerprint density at radius 3 is 2.78 bits per heavy atom. The van der Waals surface area contributed by atoms with E-state index in [0.29, 0.717) is 23.2 Å². The average molecular weight is 380 g/mol. The molecule has 2 atom stereocenters. The molecule has 2 rings (SSSR count). The van der Waals surface area contributed by atoms with Crippen LogP contribution in [0.15, 0.2) is 18.2 Å². The predicted octanol–water partition coefficient (Wildman–Crippen LogP) is 5.51. The van der Waals surface area contributed by atoms with Gasteiger partial charge >= 0.3 is 0 Å². The van der Waals surface area contributed by atoms with E-state index in [2.05, 4.69) is 61.8 Å². The normalized spacial score (nSPS) is 18.3. The van der Waals surface area contributed by atoms with Gasteiger partial charge < -0.3 is 4.90 Å². The minimum Gasteiger partial charge on any atom is -0.309 e. The van der Waals surface area contributed by atoms with Crippen molar-refractivity contribution in [1.29, 1.82) is 0 Å². The number of benzene rings is 1. The lowest BCUT2D eigenvalue weighted by Gasteiger charge is -2.23. The Balaban J connectivity index is 2.10. The average Bonchev–Trinajstić information content (AvgIpc) is 2.78. The van der Waals surface area contributed by atoms with Crippen LogP contribution in [0, 0.1) is 5.92 Å². The molecule has 1 aliphatic heterocycles. The fourth-order valence-corrected chi connectivity index (χ4v) is 4.61. The van der Waals surface area contributed by atoms with Gasteiger partial charge in [-0.1, -0.05) is 55.3 Å². The topological polar surface area (TPSA) is 20.3 Å². The zero-order valence-corrected chi connectivity index (χ0v) is 16.5. The lowest BCUT2D eigenvalue weighted by atomic mass is 10.00. The molecule has 3 heteroatoms. The Morgan fingerprint density at radius 2 is 2.13 bits per heavy atom. The zero-order chi connectivity index (χ0) is 17.0. The Bertz CT molecular complexity index is 540. The van der Waals surface area contributed by atoms with Gasteiger partial charge in [0.15, 0.2) is 0 Å². The van der Waals surface area contributed by atoms with Gasteiger partial charge in [-0.3, -0.25) is 4.79 Å². The molecular formula is C20H30BrNO. The number of anilines is 1. The van der Waals surface area contributed by atoms with Crippen molar-refractivity contribution in [1.82, 2.24) is 0 Å². The summed E-state index contributed by atoms with van der Waals surface area (Å²) in [5.74, 6) is 0.990. The monoisotopic (exact) mass is 379 g/mol. The number of carbonyl (C=O) groups is 1. The molecule has 128 valence electrons. The van der Waals surface area contributed by atoms with Gasteiger partial charge in [0.25, 0.3) is 0 Å². The number of carbonyl (C=O) groups excluding carboxylic acids is 1. The lowest BCUT2D eigenvalue weighted by Crippen LogP contribution is -2.35. The first-order valence-corrected chi connectivity index (χ1v) is 9.91. The molecule has 1 amide bonds. The number of alkyl halides is 1. The van der Waals surface area contributed by atoms with Crippen LogP contribution in [0.1, 0.15) is 64.5 Å². The second-order valence-electron chi connectivity index (χ2n) is 7.31. The van der Waals surface area contributed by atoms with Crippen molar-refractivity contribution < 1.29 is 4.79 Å². The summed E-state index contributed by atoms with van der Waals surface area (Å²) in [6.07, 6.45) is 5.95. The van der Waals surface area contributed by atoms with Crippen molar-refractivity contribution >= 4 is 27.5 Å². The molecule has 2 unspecified atom stereocenters. The van der Waals surface area contributed by atoms with Gasteiger partial charge in [0.1, 0.15) is 0 Å². The van der Waals surface area contributed by atoms with Gasteiger partial charge in [0, 0.05) is 23.0 Å². The summed E-state index contributed by atoms with van der Waals surface area (Å²) in [6, 6.07) is 6.96. The quantitative estimate of drug-likeness (QED) is 0.572. The lowest BCUT2D eigenvalue weighted by molar-refractivity contribution is -0.119. The van der Waals surface area contributed by atoms with E-state index in [1.807, 2.05) is 4.90 Å². The van der Waals surface area contributed by atoms with Crippen LogP contribution in [0.5, 0.6) is 0 Å². The highest BCUT2D eigenvalue weighted by Crippen LogP contribution is 2.34. The van der Waals surface area contributed by atoms with Crippen LogP contribution in [0.4, 0.5) is 5.69 Å². The number of hydrogen-bond acceptors (Lipinski definition) is 1. The highest BCUT2D eigenvalue weighted by atomic mass is 79.9. The zero-order valence-electron chi connectivity index (χ0n) is 14.9. The summed E-state index contributed by atoms with van der Waals surface area (Å²) < 4.78 is 0. The minimum atomic E-state index is 0.282. The van der Waals surface area contributed by atoms with E-state index < -0.39 is 0 Å². The molecule has 0 saturated heterocycles. The fourth-order valence-electron chi connectivity index (χ4n) is 3.49. The number of nitrogens with zero attached hydrogens (tertiary/aromatic N) is 1. The first-order chi connectivity index (χ1) is 10.9. The van der Waals surface area contributed by atoms with E-state index in [4.69, 9.17) is 0 Å². The number of fused-ring (bicyclic) bond motifs is 1. The Kier molecular flexibility index (Phi) is 6.70. The van der Waals surface area contributed by atoms with Crippen LogP contribution in [0.25, 0.3) is 0 Å². The second kappa shape index (κ2) is 8.32. The SMILES string of the molecule is CCCCC(=O)N1c2ccc(CC(Br)CC(C)C)cc2CC1C. The summed E-state index contributed by atoms with van der Waals surface area (Å²) >= 11 is 3.81. The first kappa shape index (κ1) is 18.5. The van der Waals surface area contributed by atoms with Gasteiger partial charge in [0.2, 0.25) is 5.91 Å². The van der Waals surface area contributed by atoms with E-state index in [1.165, 1.54) is 17.5 Å². The summed E-state index contributed by atoms with van der Waals surface area (Å²) in [5, 5.41) is 0. The number of rotatable bonds is 7. The molecule has 23 heavy (non-hydrogen) atoms. The molecule has 1 heterocycles. The second-order valence-corrected chi connectivity index (χ2v) is 8.61. The number of hydrogen-bond donors (Lipinski definition) is 0. The van der Waals surface area contributed by atoms with Gasteiger partial charge in [-0.15, -0.1) is 0 Å². The van der Waals surface area contributed by atoms with Crippen molar-refractivity contribution in [2.75, 3.05) is 4.90 Å². The molecule has 0 saturated carbocycles. The summed E-state index contributed by atoms with van der Waals surface area (Å²) in [5.41, 5.74) is 3.85. The minimum absolute atomic E-state index is 0.282. The molecule has 1 aromatic rings. The molecule has 0 radical (unpaired) electrons. The van der Waals surface area contributed by atoms with Gasteiger partial charge in [-0.05, 0) is 55.7 Å². The van der Waals surface area contributed by atoms with Crippen molar-refractivity contribution in [2.45, 2.75) is 77.1 Å². The summed E-state index contributed by atoms with van der Waals surface area (Å²) in [4.78, 5) is 15.0. The molecule has 0 bridgehead atoms. The smallest absolute Gasteiger partial charge is 0.227 e. The van der Waals surface area contributed by atoms with Crippen LogP contribution in [0.2, 0.25) is 0 Å². The molecule has 1 aliphatic rings. The molecule has 0 spiro atoms. The van der Waals surface area contributed by atoms with Crippen molar-refractivity contribution in [3.8, 4) is 0 Å². The van der Waals surface area contributed by atoms with Crippen LogP contribution in [-0.2, 0) is 17.6 Å². The number of unbranched alkanes of at least 4 members (excludes halogenated alkanes) is 1. The Morgan fingerprint density at radius 1 is 1.39 bits per heavy atom. The van der Waals surface area contributed by atoms with Crippen LogP contribution in [0.3, 0.4) is 0 Å². The number of amides is 1. The van der Waals surface area contributed by atoms with E-state index in [-0.39, 0.29) is 5.91 Å². The van der Waals surface area contributed by atoms with Crippen molar-refractivity contribution in [3.05, 3.63) is 29.3 Å². The molecule has 2 nitrogen and oxygen atoms in total. The molecule has 0 aromatic heterocycles. The van der Waals surface area contributed by atoms with Crippen LogP contribution < -0.4 is 4.90 Å². The highest BCUT2D eigenvalue weighted by Gasteiger charge is 2.30. The van der Waals surface area contributed by atoms with Gasteiger partial charge in [-0.2, -0.15) is 0 Å². The maximum absolute atomic E-state index is 12.5.